The fourth-order valence-electron chi connectivity index (χ4n) is 5.96. The van der Waals surface area contributed by atoms with Crippen LogP contribution in [0, 0.1) is 17.8 Å². The number of rotatable bonds is 6. The first kappa shape index (κ1) is 29.5. The van der Waals surface area contributed by atoms with Crippen molar-refractivity contribution in [3.63, 3.8) is 0 Å². The van der Waals surface area contributed by atoms with Gasteiger partial charge in [0.1, 0.15) is 12.2 Å². The number of alkyl halides is 3. The normalized spacial score (nSPS) is 29.7. The first-order valence-electron chi connectivity index (χ1n) is 12.8. The second kappa shape index (κ2) is 10.2. The molecule has 1 aliphatic heterocycles. The summed E-state index contributed by atoms with van der Waals surface area (Å²) in [5, 5.41) is 0. The number of methoxy groups -OCH3 is 1. The predicted molar refractivity (Wildman–Crippen MR) is 133 cm³/mol. The van der Waals surface area contributed by atoms with Crippen molar-refractivity contribution in [3.8, 4) is 0 Å². The SMILES string of the molecule is CO[C@](C(=O)O[C@H]1CC(C)=C2C(=O)C=C(C)[C@H]2[C@@H]2OC(=O)[C@@](C)(OC(=O)C(C)C)[C@@H]21)(c1ccccc1)C(F)(F)F. The van der Waals surface area contributed by atoms with E-state index in [2.05, 4.69) is 0 Å². The zero-order chi connectivity index (χ0) is 29.8. The van der Waals surface area contributed by atoms with E-state index < -0.39 is 70.8 Å². The maximum absolute atomic E-state index is 14.6. The molecular weight excluding hydrogens is 533 g/mol. The van der Waals surface area contributed by atoms with Crippen LogP contribution >= 0.6 is 0 Å². The molecule has 3 aliphatic rings. The van der Waals surface area contributed by atoms with Crippen molar-refractivity contribution in [1.29, 1.82) is 0 Å². The number of hydrogen-bond donors (Lipinski definition) is 0. The van der Waals surface area contributed by atoms with Gasteiger partial charge in [-0.25, -0.2) is 9.59 Å². The fraction of sp³-hybridized carbons (Fsp3) is 0.517. The molecule has 0 spiro atoms. The van der Waals surface area contributed by atoms with Crippen LogP contribution in [0.3, 0.4) is 0 Å². The second-order valence-electron chi connectivity index (χ2n) is 10.9. The molecule has 40 heavy (non-hydrogen) atoms. The van der Waals surface area contributed by atoms with Gasteiger partial charge in [-0.05, 0) is 26.8 Å². The summed E-state index contributed by atoms with van der Waals surface area (Å²) in [6.07, 6.45) is -6.63. The molecule has 11 heteroatoms. The van der Waals surface area contributed by atoms with Crippen molar-refractivity contribution in [2.75, 3.05) is 7.11 Å². The van der Waals surface area contributed by atoms with Gasteiger partial charge in [-0.2, -0.15) is 13.2 Å². The highest BCUT2D eigenvalue weighted by Crippen LogP contribution is 2.52. The molecular formula is C29H31F3O8. The van der Waals surface area contributed by atoms with Crippen molar-refractivity contribution in [2.45, 2.75) is 70.6 Å². The van der Waals surface area contributed by atoms with Crippen LogP contribution < -0.4 is 0 Å². The van der Waals surface area contributed by atoms with E-state index in [1.165, 1.54) is 31.2 Å². The summed E-state index contributed by atoms with van der Waals surface area (Å²) in [6, 6.07) is 6.32. The molecule has 0 radical (unpaired) electrons. The van der Waals surface area contributed by atoms with Crippen LogP contribution in [-0.4, -0.2) is 54.8 Å². The van der Waals surface area contributed by atoms with Crippen molar-refractivity contribution < 1.29 is 51.3 Å². The third-order valence-corrected chi connectivity index (χ3v) is 7.98. The lowest BCUT2D eigenvalue weighted by Crippen LogP contribution is -2.55. The monoisotopic (exact) mass is 564 g/mol. The van der Waals surface area contributed by atoms with Crippen LogP contribution in [0.25, 0.3) is 0 Å². The smallest absolute Gasteiger partial charge is 0.432 e. The number of allylic oxidation sites excluding steroid dienone is 1. The van der Waals surface area contributed by atoms with Gasteiger partial charge in [0.15, 0.2) is 5.78 Å². The maximum atomic E-state index is 14.6. The van der Waals surface area contributed by atoms with Crippen molar-refractivity contribution in [1.82, 2.24) is 0 Å². The number of fused-ring (bicyclic) bond motifs is 3. The van der Waals surface area contributed by atoms with Crippen molar-refractivity contribution in [3.05, 3.63) is 58.7 Å². The number of carbonyl (C=O) groups is 4. The average molecular weight is 565 g/mol. The highest BCUT2D eigenvalue weighted by atomic mass is 19.4. The molecule has 0 N–H and O–H groups in total. The number of carbonyl (C=O) groups excluding carboxylic acids is 4. The largest absolute Gasteiger partial charge is 0.459 e. The van der Waals surface area contributed by atoms with Gasteiger partial charge in [0, 0.05) is 30.6 Å². The molecule has 4 rings (SSSR count). The van der Waals surface area contributed by atoms with Crippen LogP contribution in [0.2, 0.25) is 0 Å². The number of hydrogen-bond acceptors (Lipinski definition) is 8. The molecule has 216 valence electrons. The van der Waals surface area contributed by atoms with Gasteiger partial charge >= 0.3 is 24.1 Å². The van der Waals surface area contributed by atoms with E-state index >= 15 is 0 Å². The number of esters is 3. The lowest BCUT2D eigenvalue weighted by molar-refractivity contribution is -0.279. The highest BCUT2D eigenvalue weighted by Gasteiger charge is 2.68. The Bertz CT molecular complexity index is 1300. The van der Waals surface area contributed by atoms with Crippen LogP contribution in [0.1, 0.15) is 46.6 Å². The number of benzene rings is 1. The molecule has 1 fully saturated rings. The summed E-state index contributed by atoms with van der Waals surface area (Å²) in [5.74, 6) is -6.42. The quantitative estimate of drug-likeness (QED) is 0.371. The lowest BCUT2D eigenvalue weighted by atomic mass is 9.77. The lowest BCUT2D eigenvalue weighted by Gasteiger charge is -2.38. The molecule has 0 saturated carbocycles. The molecule has 2 aliphatic carbocycles. The Morgan fingerprint density at radius 3 is 2.27 bits per heavy atom. The Morgan fingerprint density at radius 1 is 1.10 bits per heavy atom. The maximum Gasteiger partial charge on any atom is 0.432 e. The number of halogens is 3. The van der Waals surface area contributed by atoms with Gasteiger partial charge in [-0.1, -0.05) is 55.3 Å². The number of ketones is 1. The summed E-state index contributed by atoms with van der Waals surface area (Å²) >= 11 is 0. The highest BCUT2D eigenvalue weighted by molar-refractivity contribution is 6.09. The Labute approximate surface area is 229 Å². The zero-order valence-corrected chi connectivity index (χ0v) is 23.0. The van der Waals surface area contributed by atoms with E-state index in [4.69, 9.17) is 18.9 Å². The van der Waals surface area contributed by atoms with E-state index in [0.29, 0.717) is 16.7 Å². The minimum atomic E-state index is -5.24. The molecule has 1 heterocycles. The zero-order valence-electron chi connectivity index (χ0n) is 23.0. The van der Waals surface area contributed by atoms with Gasteiger partial charge in [0.2, 0.25) is 5.60 Å². The summed E-state index contributed by atoms with van der Waals surface area (Å²) < 4.78 is 65.7. The Kier molecular flexibility index (Phi) is 7.51. The standard InChI is InChI=1S/C29H31F3O8/c1-14(2)24(34)40-27(5)22-19(13-16(4)20-18(33)12-15(3)21(20)23(22)39-25(27)35)38-26(36)28(37-6,29(30,31)32)17-10-8-7-9-11-17/h7-12,14,19,21-23H,13H2,1-6H3/t19-,21+,22+,23-,27-,28-/m0/s1. The molecule has 6 atom stereocenters. The van der Waals surface area contributed by atoms with E-state index in [-0.39, 0.29) is 12.2 Å². The third-order valence-electron chi connectivity index (χ3n) is 7.98. The summed E-state index contributed by atoms with van der Waals surface area (Å²) in [5.41, 5.74) is -4.67. The van der Waals surface area contributed by atoms with Crippen LogP contribution in [-0.2, 0) is 43.7 Å². The topological polar surface area (TPSA) is 105 Å². The summed E-state index contributed by atoms with van der Waals surface area (Å²) in [4.78, 5) is 52.5. The third kappa shape index (κ3) is 4.44. The van der Waals surface area contributed by atoms with Gasteiger partial charge in [0.05, 0.1) is 11.8 Å². The minimum absolute atomic E-state index is 0.205. The molecule has 0 amide bonds. The van der Waals surface area contributed by atoms with Crippen molar-refractivity contribution >= 4 is 23.7 Å². The average Bonchev–Trinajstić information content (AvgIpc) is 3.24. The first-order valence-corrected chi connectivity index (χ1v) is 12.8. The van der Waals surface area contributed by atoms with E-state index in [1.807, 2.05) is 0 Å². The summed E-state index contributed by atoms with van der Waals surface area (Å²) in [7, 11) is 0.749. The first-order chi connectivity index (χ1) is 18.6. The van der Waals surface area contributed by atoms with Gasteiger partial charge in [-0.3, -0.25) is 9.59 Å². The second-order valence-corrected chi connectivity index (χ2v) is 10.9. The van der Waals surface area contributed by atoms with Crippen molar-refractivity contribution in [2.24, 2.45) is 17.8 Å². The number of ether oxygens (including phenoxy) is 4. The predicted octanol–water partition coefficient (Wildman–Crippen LogP) is 4.37. The molecule has 0 bridgehead atoms. The summed E-state index contributed by atoms with van der Waals surface area (Å²) in [6.45, 7) is 7.68. The Hall–Kier alpha value is -3.47. The molecule has 8 nitrogen and oxygen atoms in total. The molecule has 1 aromatic carbocycles. The van der Waals surface area contributed by atoms with E-state index in [0.717, 1.165) is 19.2 Å². The molecule has 0 aromatic heterocycles. The van der Waals surface area contributed by atoms with E-state index in [9.17, 15) is 32.3 Å². The molecule has 0 unspecified atom stereocenters. The molecule has 1 saturated heterocycles. The minimum Gasteiger partial charge on any atom is -0.459 e. The fourth-order valence-corrected chi connectivity index (χ4v) is 5.96. The Morgan fingerprint density at radius 2 is 1.73 bits per heavy atom. The van der Waals surface area contributed by atoms with Gasteiger partial charge in [-0.15, -0.1) is 0 Å². The molecule has 1 aromatic rings. The Balaban J connectivity index is 1.85. The van der Waals surface area contributed by atoms with Gasteiger partial charge in [0.25, 0.3) is 5.60 Å². The van der Waals surface area contributed by atoms with E-state index in [1.54, 1.807) is 27.7 Å². The van der Waals surface area contributed by atoms with Gasteiger partial charge < -0.3 is 18.9 Å². The van der Waals surface area contributed by atoms with Crippen LogP contribution in [0.15, 0.2) is 53.1 Å². The van der Waals surface area contributed by atoms with Crippen LogP contribution in [0.4, 0.5) is 13.2 Å². The van der Waals surface area contributed by atoms with Crippen LogP contribution in [0.5, 0.6) is 0 Å².